The van der Waals surface area contributed by atoms with Gasteiger partial charge in [-0.2, -0.15) is 13.2 Å². The molecule has 0 radical (unpaired) electrons. The molecule has 10 atom stereocenters. The van der Waals surface area contributed by atoms with Gasteiger partial charge in [0, 0.05) is 52.9 Å². The van der Waals surface area contributed by atoms with Gasteiger partial charge in [-0.1, -0.05) is 102 Å². The van der Waals surface area contributed by atoms with E-state index in [1.807, 2.05) is 109 Å². The first-order valence-electron chi connectivity index (χ1n) is 21.9. The molecule has 2 aromatic rings. The topological polar surface area (TPSA) is 152 Å². The van der Waals surface area contributed by atoms with Gasteiger partial charge in [0.15, 0.2) is 0 Å². The van der Waals surface area contributed by atoms with Gasteiger partial charge in [0.1, 0.15) is 17.2 Å². The number of benzene rings is 2. The van der Waals surface area contributed by atoms with Crippen molar-refractivity contribution in [1.29, 1.82) is 0 Å². The lowest BCUT2D eigenvalue weighted by molar-refractivity contribution is -0.156. The molecule has 0 unspecified atom stereocenters. The maximum Gasteiger partial charge on any atom is 0.446 e. The molecule has 3 N–H and O–H groups in total. The summed E-state index contributed by atoms with van der Waals surface area (Å²) in [7, 11) is 3.26. The Morgan fingerprint density at radius 3 is 1.61 bits per heavy atom. The molecule has 2 heterocycles. The van der Waals surface area contributed by atoms with Crippen molar-refractivity contribution in [2.24, 2.45) is 23.7 Å². The molecule has 2 aliphatic heterocycles. The van der Waals surface area contributed by atoms with E-state index in [1.165, 1.54) is 0 Å². The normalized spacial score (nSPS) is 20.5. The van der Waals surface area contributed by atoms with Gasteiger partial charge in [-0.3, -0.25) is 14.4 Å². The van der Waals surface area contributed by atoms with Crippen LogP contribution in [-0.2, 0) is 28.6 Å². The molecule has 4 rings (SSSR count). The van der Waals surface area contributed by atoms with Crippen LogP contribution in [0, 0.1) is 23.7 Å². The molecule has 0 saturated carbocycles. The van der Waals surface area contributed by atoms with Gasteiger partial charge >= 0.3 is 12.3 Å². The number of likely N-dealkylation sites (tertiary alicyclic amines) is 1. The Bertz CT molecular complexity index is 1580. The Morgan fingerprint density at radius 1 is 0.820 bits per heavy atom. The zero-order valence-corrected chi connectivity index (χ0v) is 37.8. The van der Waals surface area contributed by atoms with Gasteiger partial charge in [-0.15, -0.1) is 0 Å². The summed E-state index contributed by atoms with van der Waals surface area (Å²) in [6.07, 6.45) is -3.45. The molecular formula is C47H73F3N2O9. The predicted molar refractivity (Wildman–Crippen MR) is 231 cm³/mol. The highest BCUT2D eigenvalue weighted by molar-refractivity contribution is 5.82. The van der Waals surface area contributed by atoms with Crippen LogP contribution in [0.3, 0.4) is 0 Å². The number of nitrogens with one attached hydrogen (secondary N) is 1. The van der Waals surface area contributed by atoms with Crippen molar-refractivity contribution < 1.29 is 58.1 Å². The van der Waals surface area contributed by atoms with E-state index in [0.717, 1.165) is 43.4 Å². The number of amides is 1. The van der Waals surface area contributed by atoms with E-state index in [4.69, 9.17) is 20.4 Å². The first-order chi connectivity index (χ1) is 29.1. The average molecular weight is 868 g/mol. The molecule has 1 amide bonds. The average Bonchev–Trinajstić information content (AvgIpc) is 3.95. The maximum atomic E-state index is 13.0. The summed E-state index contributed by atoms with van der Waals surface area (Å²) in [4.78, 5) is 48.7. The molecule has 0 aromatic heterocycles. The molecule has 11 nitrogen and oxygen atoms in total. The summed E-state index contributed by atoms with van der Waals surface area (Å²) in [6.45, 7) is 17.0. The molecule has 2 aliphatic rings. The van der Waals surface area contributed by atoms with Crippen LogP contribution in [0.2, 0.25) is 0 Å². The highest BCUT2D eigenvalue weighted by atomic mass is 19.4. The van der Waals surface area contributed by atoms with Crippen molar-refractivity contribution in [1.82, 2.24) is 10.2 Å². The van der Waals surface area contributed by atoms with Crippen molar-refractivity contribution in [2.75, 3.05) is 27.3 Å². The van der Waals surface area contributed by atoms with Crippen LogP contribution < -0.4 is 5.32 Å². The van der Waals surface area contributed by atoms with E-state index in [0.29, 0.717) is 19.9 Å². The first kappa shape index (κ1) is 53.4. The zero-order valence-electron chi connectivity index (χ0n) is 38.8. The molecule has 14 heteroatoms. The number of Topliss-reactive ketones (excluding diaryl/α,β-unsaturated/α-hetero) is 2. The summed E-state index contributed by atoms with van der Waals surface area (Å²) in [6, 6.07) is 19.0. The second kappa shape index (κ2) is 27.4. The standard InChI is InChI=1S/C24H37NO5.C19H29NO3.C2HF3O.C2H6/c1-16(21(27)18-11-8-7-9-12-18)15-20(26)17(2)22(29-6)19-13-10-14-25(19)23(28)30-24(3,4)5;1-13(18(22)15-8-5-4-6-9-15)12-17(21)14(2)19(23-3)16-10-7-11-20-16;3-2(4,5)1-6;1-2/h7-9,11-12,16-17,19,21-22,27H,10,13-15H2,1-6H3;4-6,8-9,13-14,16,18-20,22H,7,10-12H2,1-3H3;1H;1-2H3/t16-,17-,19-,21+,22+;13-,14-,16-,18+,19+;;/m00../s1/i;;;1D. The summed E-state index contributed by atoms with van der Waals surface area (Å²) in [5.74, 6) is -0.699. The molecule has 2 aromatic carbocycles. The molecule has 2 saturated heterocycles. The van der Waals surface area contributed by atoms with Gasteiger partial charge in [-0.25, -0.2) is 4.79 Å². The molecule has 346 valence electrons. The van der Waals surface area contributed by atoms with Crippen molar-refractivity contribution in [3.05, 3.63) is 71.8 Å². The maximum absolute atomic E-state index is 13.0. The highest BCUT2D eigenvalue weighted by Gasteiger charge is 2.41. The van der Waals surface area contributed by atoms with Gasteiger partial charge in [0.2, 0.25) is 6.29 Å². The molecule has 0 spiro atoms. The number of ether oxygens (including phenoxy) is 3. The van der Waals surface area contributed by atoms with Gasteiger partial charge in [0.05, 0.1) is 30.5 Å². The fraction of sp³-hybridized carbons (Fsp3) is 0.660. The number of carbonyl (C=O) groups is 4. The summed E-state index contributed by atoms with van der Waals surface area (Å²) < 4.78 is 54.3. The van der Waals surface area contributed by atoms with E-state index < -0.39 is 42.3 Å². The van der Waals surface area contributed by atoms with Gasteiger partial charge in [-0.05, 0) is 76.0 Å². The van der Waals surface area contributed by atoms with Crippen LogP contribution >= 0.6 is 0 Å². The van der Waals surface area contributed by atoms with Crippen LogP contribution in [0.15, 0.2) is 60.7 Å². The number of hydrogen-bond acceptors (Lipinski definition) is 10. The van der Waals surface area contributed by atoms with Crippen LogP contribution in [0.5, 0.6) is 0 Å². The second-order valence-electron chi connectivity index (χ2n) is 16.7. The minimum absolute atomic E-state index is 0.0281. The Morgan fingerprint density at radius 2 is 1.25 bits per heavy atom. The molecule has 0 bridgehead atoms. The number of carbonyl (C=O) groups excluding carboxylic acids is 4. The number of alkyl halides is 3. The van der Waals surface area contributed by atoms with Crippen molar-refractivity contribution >= 4 is 23.9 Å². The molecule has 2 fully saturated rings. The SMILES string of the molecule is CO[C@@H]([C@@H]1CCCN1)[C@@H](C)C(=O)C[C@H](C)[C@@H](O)c1ccccc1.CO[C@H]([C@@H](C)C(=O)C[C@H](C)[C@@H](O)c1ccccc1)[C@@H]1CCCN1C(=O)OC(C)(C)C.O=CC(F)(F)F.[2H]CC. The fourth-order valence-corrected chi connectivity index (χ4v) is 7.64. The summed E-state index contributed by atoms with van der Waals surface area (Å²) in [5, 5.41) is 24.4. The smallest absolute Gasteiger partial charge is 0.444 e. The number of hydrogen-bond donors (Lipinski definition) is 3. The Balaban J connectivity index is 0.000000529. The van der Waals surface area contributed by atoms with Gasteiger partial charge < -0.3 is 34.6 Å². The lowest BCUT2D eigenvalue weighted by atomic mass is 9.85. The number of aldehydes is 1. The molecule has 0 aliphatic carbocycles. The Labute approximate surface area is 363 Å². The van der Waals surface area contributed by atoms with E-state index in [1.54, 1.807) is 26.0 Å². The van der Waals surface area contributed by atoms with Crippen LogP contribution in [0.4, 0.5) is 18.0 Å². The Kier molecular flexibility index (Phi) is 24.0. The highest BCUT2D eigenvalue weighted by Crippen LogP contribution is 2.32. The third kappa shape index (κ3) is 19.1. The molecular weight excluding hydrogens is 794 g/mol. The third-order valence-electron chi connectivity index (χ3n) is 10.9. The number of aliphatic hydroxyl groups is 2. The Hall–Kier alpha value is -3.69. The predicted octanol–water partition coefficient (Wildman–Crippen LogP) is 8.86. The minimum atomic E-state index is -4.64. The second-order valence-corrected chi connectivity index (χ2v) is 16.7. The zero-order chi connectivity index (χ0) is 47.2. The van der Waals surface area contributed by atoms with Crippen molar-refractivity contribution in [2.45, 2.75) is 149 Å². The largest absolute Gasteiger partial charge is 0.446 e. The number of ketones is 2. The first-order valence-corrected chi connectivity index (χ1v) is 21.2. The number of halogens is 3. The van der Waals surface area contributed by atoms with Crippen LogP contribution in [-0.4, -0.2) is 102 Å². The number of rotatable bonds is 16. The lowest BCUT2D eigenvalue weighted by Gasteiger charge is -2.35. The van der Waals surface area contributed by atoms with E-state index >= 15 is 0 Å². The van der Waals surface area contributed by atoms with E-state index in [2.05, 4.69) is 5.32 Å². The monoisotopic (exact) mass is 868 g/mol. The van der Waals surface area contributed by atoms with Crippen LogP contribution in [0.1, 0.15) is 126 Å². The van der Waals surface area contributed by atoms with Crippen molar-refractivity contribution in [3.8, 4) is 0 Å². The lowest BCUT2D eigenvalue weighted by Crippen LogP contribution is -2.49. The van der Waals surface area contributed by atoms with Crippen molar-refractivity contribution in [3.63, 3.8) is 0 Å². The van der Waals surface area contributed by atoms with Crippen LogP contribution in [0.25, 0.3) is 0 Å². The number of nitrogens with zero attached hydrogens (tertiary/aromatic N) is 1. The number of methoxy groups -OCH3 is 2. The third-order valence-corrected chi connectivity index (χ3v) is 10.9. The number of aliphatic hydroxyl groups excluding tert-OH is 2. The van der Waals surface area contributed by atoms with Gasteiger partial charge in [0.25, 0.3) is 0 Å². The minimum Gasteiger partial charge on any atom is -0.444 e. The summed E-state index contributed by atoms with van der Waals surface area (Å²) >= 11 is 0. The van der Waals surface area contributed by atoms with E-state index in [-0.39, 0.29) is 60.0 Å². The summed E-state index contributed by atoms with van der Waals surface area (Å²) in [5.41, 5.74) is 1.10. The fourth-order valence-electron chi connectivity index (χ4n) is 7.64. The quantitative estimate of drug-likeness (QED) is 0.140. The molecule has 61 heavy (non-hydrogen) atoms. The van der Waals surface area contributed by atoms with E-state index in [9.17, 15) is 37.8 Å².